The molecule has 7 aromatic rings. The van der Waals surface area contributed by atoms with E-state index in [-0.39, 0.29) is 24.5 Å². The van der Waals surface area contributed by atoms with E-state index in [1.165, 1.54) is 22.3 Å². The van der Waals surface area contributed by atoms with Gasteiger partial charge in [-0.1, -0.05) is 157 Å². The molecular weight excluding hydrogens is 627 g/mol. The van der Waals surface area contributed by atoms with Gasteiger partial charge in [-0.2, -0.15) is 0 Å². The lowest BCUT2D eigenvalue weighted by atomic mass is 9.96. The molecule has 5 heteroatoms. The molecule has 1 aromatic heterocycles. The van der Waals surface area contributed by atoms with E-state index in [9.17, 15) is 0 Å². The summed E-state index contributed by atoms with van der Waals surface area (Å²) in [6, 6.07) is 55.1. The van der Waals surface area contributed by atoms with E-state index in [4.69, 9.17) is 23.2 Å². The van der Waals surface area contributed by atoms with Crippen molar-refractivity contribution < 1.29 is 17.0 Å². The third kappa shape index (κ3) is 6.80. The number of rotatable bonds is 8. The highest BCUT2D eigenvalue weighted by atomic mass is 35.5. The molecule has 2 unspecified atom stereocenters. The zero-order chi connectivity index (χ0) is 30.6. The van der Waals surface area contributed by atoms with Gasteiger partial charge in [-0.25, -0.2) is 9.13 Å². The molecule has 6 aromatic carbocycles. The summed E-state index contributed by atoms with van der Waals surface area (Å²) in [5, 5.41) is 1.48. The van der Waals surface area contributed by atoms with Crippen molar-refractivity contribution in [1.82, 2.24) is 4.57 Å². The van der Waals surface area contributed by atoms with E-state index in [1.807, 2.05) is 24.3 Å². The zero-order valence-electron chi connectivity index (χ0n) is 24.9. The molecule has 1 heterocycles. The largest absolute Gasteiger partial charge is 1.00 e. The molecule has 0 fully saturated rings. The Hall–Kier alpha value is -4.60. The lowest BCUT2D eigenvalue weighted by Crippen LogP contribution is -3.00. The third-order valence-corrected chi connectivity index (χ3v) is 8.82. The summed E-state index contributed by atoms with van der Waals surface area (Å²) >= 11 is 12.3. The molecule has 0 bridgehead atoms. The summed E-state index contributed by atoms with van der Waals surface area (Å²) in [7, 11) is 0. The topological polar surface area (TPSA) is 8.81 Å². The van der Waals surface area contributed by atoms with Gasteiger partial charge in [-0.05, 0) is 46.5 Å². The summed E-state index contributed by atoms with van der Waals surface area (Å²) in [6.07, 6.45) is 6.60. The van der Waals surface area contributed by atoms with Crippen LogP contribution in [0.15, 0.2) is 176 Å². The van der Waals surface area contributed by atoms with Gasteiger partial charge in [0.1, 0.15) is 12.4 Å². The summed E-state index contributed by atoms with van der Waals surface area (Å²) in [6.45, 7) is 0. The molecular formula is C41H31Cl3N2. The highest BCUT2D eigenvalue weighted by Crippen LogP contribution is 2.31. The van der Waals surface area contributed by atoms with Crippen molar-refractivity contribution in [3.05, 3.63) is 209 Å². The maximum Gasteiger partial charge on any atom is 0.245 e. The second kappa shape index (κ2) is 14.2. The summed E-state index contributed by atoms with van der Waals surface area (Å²) in [4.78, 5) is 0. The monoisotopic (exact) mass is 656 g/mol. The molecule has 0 saturated carbocycles. The minimum atomic E-state index is 0. The first-order chi connectivity index (χ1) is 22.1. The van der Waals surface area contributed by atoms with Crippen LogP contribution in [-0.2, 0) is 0 Å². The summed E-state index contributed by atoms with van der Waals surface area (Å²) in [5.74, 6) is 0. The predicted molar refractivity (Wildman–Crippen MR) is 186 cm³/mol. The van der Waals surface area contributed by atoms with Crippen LogP contribution in [0.25, 0.3) is 22.3 Å². The minimum Gasteiger partial charge on any atom is -1.00 e. The smallest absolute Gasteiger partial charge is 0.245 e. The van der Waals surface area contributed by atoms with Crippen molar-refractivity contribution in [2.45, 2.75) is 12.1 Å². The third-order valence-electron chi connectivity index (χ3n) is 8.31. The molecule has 0 spiro atoms. The van der Waals surface area contributed by atoms with Crippen LogP contribution in [0.4, 0.5) is 0 Å². The first-order valence-electron chi connectivity index (χ1n) is 15.0. The molecule has 0 amide bonds. The Bertz CT molecular complexity index is 1840. The summed E-state index contributed by atoms with van der Waals surface area (Å²) in [5.41, 5.74) is 9.50. The number of hydrogen-bond donors (Lipinski definition) is 0. The van der Waals surface area contributed by atoms with E-state index in [0.717, 1.165) is 32.3 Å². The Morgan fingerprint density at radius 1 is 0.435 bits per heavy atom. The second-order valence-corrected chi connectivity index (χ2v) is 12.1. The molecule has 46 heavy (non-hydrogen) atoms. The Labute approximate surface area is 286 Å². The average molecular weight is 658 g/mol. The quantitative estimate of drug-likeness (QED) is 0.148. The van der Waals surface area contributed by atoms with E-state index < -0.39 is 0 Å². The van der Waals surface area contributed by atoms with Crippen LogP contribution >= 0.6 is 23.2 Å². The number of halogens is 3. The van der Waals surface area contributed by atoms with Crippen molar-refractivity contribution in [1.29, 1.82) is 0 Å². The zero-order valence-corrected chi connectivity index (χ0v) is 27.2. The van der Waals surface area contributed by atoms with Crippen molar-refractivity contribution >= 4 is 23.2 Å². The number of aromatic nitrogens is 2. The van der Waals surface area contributed by atoms with Gasteiger partial charge in [-0.3, -0.25) is 0 Å². The standard InChI is InChI=1S/C41H31Cl2N2.ClH/c42-38-23-19-32(20-24-38)30-11-15-36(16-12-30)40(34-7-3-1-4-8-34)44-27-28-45(29-44)41(35-9-5-2-6-10-35)37-17-13-31(14-18-37)33-21-25-39(43)26-22-33;/h1-29,40-41H;1H/q+1;/p-1. The van der Waals surface area contributed by atoms with Gasteiger partial charge in [0, 0.05) is 32.3 Å². The fraction of sp³-hybridized carbons (Fsp3) is 0.0488. The van der Waals surface area contributed by atoms with Crippen LogP contribution in [0.1, 0.15) is 34.3 Å². The van der Waals surface area contributed by atoms with E-state index in [2.05, 4.69) is 161 Å². The van der Waals surface area contributed by atoms with Crippen LogP contribution in [0, 0.1) is 0 Å². The van der Waals surface area contributed by atoms with Gasteiger partial charge in [-0.15, -0.1) is 0 Å². The normalized spacial score (nSPS) is 12.2. The van der Waals surface area contributed by atoms with Crippen LogP contribution < -0.4 is 17.0 Å². The Morgan fingerprint density at radius 2 is 0.804 bits per heavy atom. The maximum absolute atomic E-state index is 6.13. The van der Waals surface area contributed by atoms with E-state index in [0.29, 0.717) is 0 Å². The lowest BCUT2D eigenvalue weighted by molar-refractivity contribution is -0.704. The molecule has 0 aliphatic heterocycles. The SMILES string of the molecule is Clc1ccc(-c2ccc(C(c3ccccc3)n3cc[n+](C(c4ccccc4)c4ccc(-c5ccc(Cl)cc5)cc4)c3)cc2)cc1.[Cl-]. The molecule has 226 valence electrons. The molecule has 0 aliphatic carbocycles. The van der Waals surface area contributed by atoms with Crippen molar-refractivity contribution in [2.24, 2.45) is 0 Å². The van der Waals surface area contributed by atoms with E-state index in [1.54, 1.807) is 0 Å². The van der Waals surface area contributed by atoms with Crippen LogP contribution in [-0.4, -0.2) is 4.57 Å². The van der Waals surface area contributed by atoms with Crippen LogP contribution in [0.5, 0.6) is 0 Å². The Kier molecular flexibility index (Phi) is 9.71. The number of nitrogens with zero attached hydrogens (tertiary/aromatic N) is 2. The minimum absolute atomic E-state index is 0. The van der Waals surface area contributed by atoms with Crippen LogP contribution in [0.3, 0.4) is 0 Å². The maximum atomic E-state index is 6.13. The Morgan fingerprint density at radius 3 is 1.28 bits per heavy atom. The predicted octanol–water partition coefficient (Wildman–Crippen LogP) is 7.70. The van der Waals surface area contributed by atoms with Gasteiger partial charge in [0.15, 0.2) is 12.1 Å². The molecule has 0 saturated heterocycles. The molecule has 0 radical (unpaired) electrons. The van der Waals surface area contributed by atoms with Crippen molar-refractivity contribution in [3.63, 3.8) is 0 Å². The first kappa shape index (κ1) is 31.4. The molecule has 7 rings (SSSR count). The molecule has 0 N–H and O–H groups in total. The Balaban J connectivity index is 0.00000372. The molecule has 2 nitrogen and oxygen atoms in total. The van der Waals surface area contributed by atoms with Crippen molar-refractivity contribution in [2.75, 3.05) is 0 Å². The van der Waals surface area contributed by atoms with Crippen molar-refractivity contribution in [3.8, 4) is 22.3 Å². The highest BCUT2D eigenvalue weighted by Gasteiger charge is 2.26. The molecule has 2 atom stereocenters. The van der Waals surface area contributed by atoms with Crippen LogP contribution in [0.2, 0.25) is 10.0 Å². The van der Waals surface area contributed by atoms with Gasteiger partial charge in [0.25, 0.3) is 0 Å². The highest BCUT2D eigenvalue weighted by molar-refractivity contribution is 6.30. The van der Waals surface area contributed by atoms with Gasteiger partial charge < -0.3 is 12.4 Å². The van der Waals surface area contributed by atoms with Gasteiger partial charge in [0.05, 0.1) is 0 Å². The lowest BCUT2D eigenvalue weighted by Gasteiger charge is -2.17. The van der Waals surface area contributed by atoms with Gasteiger partial charge >= 0.3 is 0 Å². The summed E-state index contributed by atoms with van der Waals surface area (Å²) < 4.78 is 4.62. The number of benzene rings is 6. The average Bonchev–Trinajstić information content (AvgIpc) is 3.56. The second-order valence-electron chi connectivity index (χ2n) is 11.2. The fourth-order valence-electron chi connectivity index (χ4n) is 6.03. The molecule has 0 aliphatic rings. The number of imidazole rings is 1. The van der Waals surface area contributed by atoms with Gasteiger partial charge in [0.2, 0.25) is 6.33 Å². The number of hydrogen-bond acceptors (Lipinski definition) is 0. The fourth-order valence-corrected chi connectivity index (χ4v) is 6.29. The first-order valence-corrected chi connectivity index (χ1v) is 15.8. The van der Waals surface area contributed by atoms with E-state index >= 15 is 0 Å².